The molecule has 1 aliphatic heterocycles. The van der Waals surface area contributed by atoms with E-state index in [1.165, 1.54) is 6.07 Å². The molecule has 26 heavy (non-hydrogen) atoms. The number of rotatable bonds is 7. The van der Waals surface area contributed by atoms with E-state index in [4.69, 9.17) is 5.73 Å². The molecule has 1 saturated heterocycles. The van der Waals surface area contributed by atoms with Gasteiger partial charge in [-0.25, -0.2) is 4.39 Å². The van der Waals surface area contributed by atoms with Gasteiger partial charge in [0.25, 0.3) is 0 Å². The summed E-state index contributed by atoms with van der Waals surface area (Å²) in [6, 6.07) is 6.69. The fraction of sp³-hybridized carbons (Fsp3) is 0.632. The van der Waals surface area contributed by atoms with E-state index in [1.54, 1.807) is 12.1 Å². The predicted molar refractivity (Wildman–Crippen MR) is 109 cm³/mol. The van der Waals surface area contributed by atoms with Crippen LogP contribution in [-0.2, 0) is 11.3 Å². The zero-order chi connectivity index (χ0) is 17.6. The number of nitrogens with two attached hydrogens (primary N) is 1. The predicted octanol–water partition coefficient (Wildman–Crippen LogP) is 3.52. The van der Waals surface area contributed by atoms with Gasteiger partial charge in [0.1, 0.15) is 5.82 Å². The number of amides is 1. The Labute approximate surface area is 168 Å². The quantitative estimate of drug-likeness (QED) is 0.726. The third kappa shape index (κ3) is 6.69. The van der Waals surface area contributed by atoms with Gasteiger partial charge in [0.15, 0.2) is 0 Å². The molecule has 2 rings (SSSR count). The van der Waals surface area contributed by atoms with E-state index >= 15 is 0 Å². The number of carbonyl (C=O) groups excluding carboxylic acids is 1. The molecule has 1 heterocycles. The van der Waals surface area contributed by atoms with E-state index < -0.39 is 0 Å². The molecule has 1 atom stereocenters. The largest absolute Gasteiger partial charge is 0.349 e. The van der Waals surface area contributed by atoms with E-state index in [0.717, 1.165) is 44.3 Å². The lowest BCUT2D eigenvalue weighted by Crippen LogP contribution is -2.56. The number of carbonyl (C=O) groups is 1. The highest BCUT2D eigenvalue weighted by Crippen LogP contribution is 2.21. The molecule has 150 valence electrons. The fourth-order valence-corrected chi connectivity index (χ4v) is 3.44. The van der Waals surface area contributed by atoms with Gasteiger partial charge in [0.2, 0.25) is 5.91 Å². The summed E-state index contributed by atoms with van der Waals surface area (Å²) in [5, 5.41) is 3.19. The molecule has 7 heteroatoms. The molecule has 1 unspecified atom stereocenters. The molecule has 0 saturated carbocycles. The Morgan fingerprint density at radius 2 is 2.04 bits per heavy atom. The molecule has 4 nitrogen and oxygen atoms in total. The molecule has 1 aromatic rings. The van der Waals surface area contributed by atoms with Crippen LogP contribution in [0, 0.1) is 11.7 Å². The summed E-state index contributed by atoms with van der Waals surface area (Å²) in [7, 11) is 0. The number of piperidine rings is 1. The van der Waals surface area contributed by atoms with E-state index in [-0.39, 0.29) is 48.0 Å². The van der Waals surface area contributed by atoms with Crippen molar-refractivity contribution in [3.63, 3.8) is 0 Å². The van der Waals surface area contributed by atoms with Gasteiger partial charge >= 0.3 is 0 Å². The van der Waals surface area contributed by atoms with Crippen LogP contribution in [0.1, 0.15) is 45.1 Å². The van der Waals surface area contributed by atoms with Crippen LogP contribution in [0.15, 0.2) is 24.3 Å². The summed E-state index contributed by atoms with van der Waals surface area (Å²) in [6.45, 7) is 6.94. The van der Waals surface area contributed by atoms with E-state index in [9.17, 15) is 9.18 Å². The number of hydrogen-bond donors (Lipinski definition) is 2. The number of nitrogens with zero attached hydrogens (tertiary/aromatic N) is 1. The number of likely N-dealkylation sites (tertiary alicyclic amines) is 1. The Morgan fingerprint density at radius 1 is 1.35 bits per heavy atom. The highest BCUT2D eigenvalue weighted by atomic mass is 35.5. The first-order valence-corrected chi connectivity index (χ1v) is 9.01. The molecule has 0 aromatic heterocycles. The first kappa shape index (κ1) is 25.1. The van der Waals surface area contributed by atoms with Crippen LogP contribution in [0.4, 0.5) is 4.39 Å². The average molecular weight is 408 g/mol. The van der Waals surface area contributed by atoms with Crippen molar-refractivity contribution in [2.24, 2.45) is 11.7 Å². The second-order valence-electron chi connectivity index (χ2n) is 6.88. The summed E-state index contributed by atoms with van der Waals surface area (Å²) in [4.78, 5) is 14.9. The highest BCUT2D eigenvalue weighted by Gasteiger charge is 2.32. The Morgan fingerprint density at radius 3 is 2.62 bits per heavy atom. The Bertz CT molecular complexity index is 547. The maximum Gasteiger partial charge on any atom is 0.224 e. The summed E-state index contributed by atoms with van der Waals surface area (Å²) in [5.74, 6) is -0.123. The van der Waals surface area contributed by atoms with Crippen LogP contribution < -0.4 is 11.1 Å². The highest BCUT2D eigenvalue weighted by molar-refractivity contribution is 5.85. The number of halogens is 3. The first-order chi connectivity index (χ1) is 11.5. The Balaban J connectivity index is 0.00000312. The van der Waals surface area contributed by atoms with Gasteiger partial charge in [0.05, 0.1) is 11.5 Å². The van der Waals surface area contributed by atoms with Gasteiger partial charge in [-0.2, -0.15) is 0 Å². The lowest BCUT2D eigenvalue weighted by atomic mass is 9.90. The van der Waals surface area contributed by atoms with Crippen molar-refractivity contribution in [2.75, 3.05) is 19.6 Å². The smallest absolute Gasteiger partial charge is 0.224 e. The molecular weight excluding hydrogens is 376 g/mol. The molecule has 1 aliphatic rings. The molecule has 1 amide bonds. The monoisotopic (exact) mass is 407 g/mol. The molecule has 0 spiro atoms. The van der Waals surface area contributed by atoms with Gasteiger partial charge < -0.3 is 11.1 Å². The lowest BCUT2D eigenvalue weighted by Gasteiger charge is -2.36. The van der Waals surface area contributed by atoms with Crippen molar-refractivity contribution in [3.8, 4) is 0 Å². The van der Waals surface area contributed by atoms with Gasteiger partial charge in [0, 0.05) is 19.6 Å². The molecule has 0 aliphatic carbocycles. The Hall–Kier alpha value is -0.880. The zero-order valence-electron chi connectivity index (χ0n) is 15.7. The van der Waals surface area contributed by atoms with Gasteiger partial charge in [-0.3, -0.25) is 9.69 Å². The molecule has 0 bridgehead atoms. The van der Waals surface area contributed by atoms with E-state index in [2.05, 4.69) is 24.1 Å². The second-order valence-corrected chi connectivity index (χ2v) is 6.88. The van der Waals surface area contributed by atoms with Gasteiger partial charge in [-0.05, 0) is 49.9 Å². The summed E-state index contributed by atoms with van der Waals surface area (Å²) < 4.78 is 13.3. The number of nitrogens with one attached hydrogen (secondary N) is 1. The maximum absolute atomic E-state index is 13.3. The van der Waals surface area contributed by atoms with Crippen molar-refractivity contribution in [2.45, 2.75) is 51.6 Å². The molecule has 1 aromatic carbocycles. The normalized spacial score (nSPS) is 17.8. The third-order valence-electron chi connectivity index (χ3n) is 5.30. The van der Waals surface area contributed by atoms with Crippen molar-refractivity contribution < 1.29 is 9.18 Å². The Kier molecular flexibility index (Phi) is 11.4. The van der Waals surface area contributed by atoms with Crippen LogP contribution >= 0.6 is 24.8 Å². The number of hydrogen-bond acceptors (Lipinski definition) is 3. The minimum Gasteiger partial charge on any atom is -0.349 e. The fourth-order valence-electron chi connectivity index (χ4n) is 3.44. The second kappa shape index (κ2) is 11.8. The summed E-state index contributed by atoms with van der Waals surface area (Å²) in [6.07, 6.45) is 3.57. The molecule has 1 fully saturated rings. The van der Waals surface area contributed by atoms with Crippen LogP contribution in [-0.4, -0.2) is 36.0 Å². The van der Waals surface area contributed by atoms with E-state index in [1.807, 2.05) is 6.07 Å². The first-order valence-electron chi connectivity index (χ1n) is 9.01. The van der Waals surface area contributed by atoms with Crippen molar-refractivity contribution in [3.05, 3.63) is 35.6 Å². The molecule has 0 radical (unpaired) electrons. The van der Waals surface area contributed by atoms with Crippen LogP contribution in [0.25, 0.3) is 0 Å². The number of benzene rings is 1. The third-order valence-corrected chi connectivity index (χ3v) is 5.30. The van der Waals surface area contributed by atoms with Crippen LogP contribution in [0.5, 0.6) is 0 Å². The summed E-state index contributed by atoms with van der Waals surface area (Å²) in [5.41, 5.74) is 6.55. The zero-order valence-corrected chi connectivity index (χ0v) is 17.3. The minimum atomic E-state index is -0.290. The summed E-state index contributed by atoms with van der Waals surface area (Å²) >= 11 is 0. The van der Waals surface area contributed by atoms with Crippen LogP contribution in [0.2, 0.25) is 0 Å². The maximum atomic E-state index is 13.3. The molecule has 3 N–H and O–H groups in total. The van der Waals surface area contributed by atoms with Gasteiger partial charge in [-0.15, -0.1) is 24.8 Å². The average Bonchev–Trinajstić information content (AvgIpc) is 2.60. The van der Waals surface area contributed by atoms with Gasteiger partial charge in [-0.1, -0.05) is 26.0 Å². The minimum absolute atomic E-state index is 0. The van der Waals surface area contributed by atoms with Crippen LogP contribution in [0.3, 0.4) is 0 Å². The van der Waals surface area contributed by atoms with Crippen molar-refractivity contribution in [1.29, 1.82) is 0 Å². The topological polar surface area (TPSA) is 58.4 Å². The standard InChI is InChI=1S/C19H30FN3O.2ClH/c1-3-19(4-2,14-21)22-18(24)16-8-6-10-23(13-16)12-15-7-5-9-17(20)11-15;;/h5,7,9,11,16H,3-4,6,8,10,12-14,21H2,1-2H3,(H,22,24);2*1H. The van der Waals surface area contributed by atoms with E-state index in [0.29, 0.717) is 13.1 Å². The van der Waals surface area contributed by atoms with Crippen molar-refractivity contribution >= 4 is 30.7 Å². The molecular formula is C19H32Cl2FN3O. The van der Waals surface area contributed by atoms with Crippen molar-refractivity contribution in [1.82, 2.24) is 10.2 Å². The lowest BCUT2D eigenvalue weighted by molar-refractivity contribution is -0.128. The SMILES string of the molecule is CCC(CC)(CN)NC(=O)C1CCCN(Cc2cccc(F)c2)C1.Cl.Cl.